The number of hydrogen-bond donors (Lipinski definition) is 2. The average Bonchev–Trinajstić information content (AvgIpc) is 2.45. The van der Waals surface area contributed by atoms with E-state index in [9.17, 15) is 21.6 Å². The van der Waals surface area contributed by atoms with Crippen LogP contribution in [0.1, 0.15) is 5.82 Å². The summed E-state index contributed by atoms with van der Waals surface area (Å²) >= 11 is 0. The van der Waals surface area contributed by atoms with Gasteiger partial charge in [-0.25, -0.2) is 0 Å². The first-order valence-electron chi connectivity index (χ1n) is 6.32. The van der Waals surface area contributed by atoms with Crippen LogP contribution in [0.5, 0.6) is 0 Å². The highest BCUT2D eigenvalue weighted by molar-refractivity contribution is 7.85. The molecule has 0 saturated heterocycles. The topological polar surface area (TPSA) is 108 Å². The van der Waals surface area contributed by atoms with Crippen LogP contribution in [0.25, 0.3) is 0 Å². The van der Waals surface area contributed by atoms with Crippen LogP contribution in [0.4, 0.5) is 30.8 Å². The van der Waals surface area contributed by atoms with Crippen LogP contribution in [0.2, 0.25) is 0 Å². The van der Waals surface area contributed by atoms with E-state index in [4.69, 9.17) is 4.55 Å². The number of rotatable bonds is 4. The minimum Gasteiger partial charge on any atom is -0.347 e. The molecule has 0 aliphatic rings. The number of hydrogen-bond acceptors (Lipinski definition) is 7. The number of anilines is 3. The van der Waals surface area contributed by atoms with Gasteiger partial charge in [-0.15, -0.1) is 0 Å². The fourth-order valence-electron chi connectivity index (χ4n) is 1.61. The van der Waals surface area contributed by atoms with Crippen molar-refractivity contribution in [2.75, 3.05) is 24.3 Å². The molecule has 130 valence electrons. The Morgan fingerprint density at radius 3 is 2.38 bits per heavy atom. The smallest absolute Gasteiger partial charge is 0.347 e. The Morgan fingerprint density at radius 2 is 1.83 bits per heavy atom. The molecular weight excluding hydrogens is 351 g/mol. The molecule has 2 rings (SSSR count). The summed E-state index contributed by atoms with van der Waals surface area (Å²) in [6.07, 6.45) is -4.78. The van der Waals surface area contributed by atoms with Crippen molar-refractivity contribution in [3.63, 3.8) is 0 Å². The molecule has 2 N–H and O–H groups in total. The summed E-state index contributed by atoms with van der Waals surface area (Å²) in [6, 6.07) is 4.83. The number of aromatic nitrogens is 3. The molecule has 0 aliphatic heterocycles. The predicted octanol–water partition coefficient (Wildman–Crippen LogP) is 1.95. The highest BCUT2D eigenvalue weighted by Crippen LogP contribution is 2.28. The van der Waals surface area contributed by atoms with Crippen molar-refractivity contribution in [3.8, 4) is 0 Å². The van der Waals surface area contributed by atoms with E-state index in [2.05, 4.69) is 20.3 Å². The molecule has 0 radical (unpaired) electrons. The molecule has 2 aromatic rings. The predicted molar refractivity (Wildman–Crippen MR) is 78.7 cm³/mol. The lowest BCUT2D eigenvalue weighted by Gasteiger charge is -2.14. The monoisotopic (exact) mass is 363 g/mol. The summed E-state index contributed by atoms with van der Waals surface area (Å²) < 4.78 is 69.8. The van der Waals surface area contributed by atoms with Crippen LogP contribution in [-0.4, -0.2) is 42.0 Å². The maximum absolute atomic E-state index is 12.9. The molecule has 12 heteroatoms. The first-order chi connectivity index (χ1) is 11.0. The summed E-state index contributed by atoms with van der Waals surface area (Å²) in [6.45, 7) is 0. The number of nitrogens with one attached hydrogen (secondary N) is 1. The third-order valence-electron chi connectivity index (χ3n) is 2.67. The molecule has 1 aromatic heterocycles. The van der Waals surface area contributed by atoms with Gasteiger partial charge in [0.05, 0.1) is 4.90 Å². The highest BCUT2D eigenvalue weighted by Gasteiger charge is 2.36. The van der Waals surface area contributed by atoms with E-state index in [0.29, 0.717) is 0 Å². The first kappa shape index (κ1) is 17.9. The Kier molecular flexibility index (Phi) is 4.62. The molecule has 8 nitrogen and oxygen atoms in total. The third-order valence-corrected chi connectivity index (χ3v) is 3.51. The molecule has 1 aromatic carbocycles. The number of nitrogens with zero attached hydrogens (tertiary/aromatic N) is 4. The Balaban J connectivity index is 2.44. The Labute approximate surface area is 135 Å². The van der Waals surface area contributed by atoms with Gasteiger partial charge in [-0.05, 0) is 18.2 Å². The SMILES string of the molecule is CN(C)c1nc(Nc2cccc(S(=O)(=O)O)c2)nc(C(F)(F)F)n1. The molecule has 0 bridgehead atoms. The molecule has 0 spiro atoms. The maximum atomic E-state index is 12.9. The van der Waals surface area contributed by atoms with Gasteiger partial charge in [0.15, 0.2) is 0 Å². The van der Waals surface area contributed by atoms with Crippen molar-refractivity contribution >= 4 is 27.7 Å². The van der Waals surface area contributed by atoms with Gasteiger partial charge in [-0.3, -0.25) is 4.55 Å². The molecule has 0 saturated carbocycles. The highest BCUT2D eigenvalue weighted by atomic mass is 32.2. The molecule has 24 heavy (non-hydrogen) atoms. The lowest BCUT2D eigenvalue weighted by Crippen LogP contribution is -2.20. The average molecular weight is 363 g/mol. The van der Waals surface area contributed by atoms with E-state index in [-0.39, 0.29) is 11.6 Å². The van der Waals surface area contributed by atoms with Crippen molar-refractivity contribution in [1.82, 2.24) is 15.0 Å². The molecular formula is C12H12F3N5O3S. The fourth-order valence-corrected chi connectivity index (χ4v) is 2.14. The van der Waals surface area contributed by atoms with Gasteiger partial charge in [0.2, 0.25) is 17.7 Å². The largest absolute Gasteiger partial charge is 0.451 e. The van der Waals surface area contributed by atoms with E-state index in [0.717, 1.165) is 12.1 Å². The second-order valence-corrected chi connectivity index (χ2v) is 6.22. The molecule has 0 amide bonds. The van der Waals surface area contributed by atoms with Gasteiger partial charge in [0, 0.05) is 19.8 Å². The molecule has 1 heterocycles. The second-order valence-electron chi connectivity index (χ2n) is 4.80. The van der Waals surface area contributed by atoms with Crippen LogP contribution in [-0.2, 0) is 16.3 Å². The van der Waals surface area contributed by atoms with E-state index in [1.54, 1.807) is 0 Å². The number of halogens is 3. The zero-order valence-electron chi connectivity index (χ0n) is 12.4. The van der Waals surface area contributed by atoms with Gasteiger partial charge in [0.1, 0.15) is 0 Å². The number of alkyl halides is 3. The summed E-state index contributed by atoms with van der Waals surface area (Å²) in [4.78, 5) is 11.2. The standard InChI is InChI=1S/C12H12F3N5O3S/c1-20(2)11-18-9(12(13,14)15)17-10(19-11)16-7-4-3-5-8(6-7)24(21,22)23/h3-6H,1-2H3,(H,21,22,23)(H,16,17,18,19). The quantitative estimate of drug-likeness (QED) is 0.794. The Hall–Kier alpha value is -2.47. The van der Waals surface area contributed by atoms with Gasteiger partial charge in [0.25, 0.3) is 10.1 Å². The maximum Gasteiger partial charge on any atom is 0.451 e. The van der Waals surface area contributed by atoms with Gasteiger partial charge in [-0.2, -0.15) is 36.5 Å². The van der Waals surface area contributed by atoms with E-state index >= 15 is 0 Å². The lowest BCUT2D eigenvalue weighted by molar-refractivity contribution is -0.144. The van der Waals surface area contributed by atoms with Gasteiger partial charge in [-0.1, -0.05) is 6.07 Å². The second kappa shape index (κ2) is 6.20. The zero-order valence-corrected chi connectivity index (χ0v) is 13.2. The van der Waals surface area contributed by atoms with E-state index in [1.807, 2.05) is 0 Å². The Morgan fingerprint density at radius 1 is 1.17 bits per heavy atom. The summed E-state index contributed by atoms with van der Waals surface area (Å²) in [7, 11) is -1.54. The van der Waals surface area contributed by atoms with Crippen molar-refractivity contribution in [2.45, 2.75) is 11.1 Å². The molecule has 0 aliphatic carbocycles. The number of benzene rings is 1. The minimum absolute atomic E-state index is 0.0779. The molecule has 0 unspecified atom stereocenters. The minimum atomic E-state index is -4.78. The van der Waals surface area contributed by atoms with Crippen molar-refractivity contribution in [2.24, 2.45) is 0 Å². The normalized spacial score (nSPS) is 12.1. The zero-order chi connectivity index (χ0) is 18.1. The fraction of sp³-hybridized carbons (Fsp3) is 0.250. The first-order valence-corrected chi connectivity index (χ1v) is 7.76. The summed E-state index contributed by atoms with van der Waals surface area (Å²) in [5.74, 6) is -2.05. The third kappa shape index (κ3) is 4.29. The van der Waals surface area contributed by atoms with Crippen molar-refractivity contribution in [1.29, 1.82) is 0 Å². The van der Waals surface area contributed by atoms with Crippen molar-refractivity contribution < 1.29 is 26.1 Å². The van der Waals surface area contributed by atoms with Gasteiger partial charge < -0.3 is 10.2 Å². The van der Waals surface area contributed by atoms with Crippen molar-refractivity contribution in [3.05, 3.63) is 30.1 Å². The summed E-state index contributed by atoms with van der Waals surface area (Å²) in [5.41, 5.74) is 0.0779. The summed E-state index contributed by atoms with van der Waals surface area (Å²) in [5, 5.41) is 2.46. The van der Waals surface area contributed by atoms with E-state index in [1.165, 1.54) is 31.1 Å². The van der Waals surface area contributed by atoms with Crippen LogP contribution in [0, 0.1) is 0 Å². The molecule has 0 atom stereocenters. The lowest BCUT2D eigenvalue weighted by atomic mass is 10.3. The molecule has 0 fully saturated rings. The van der Waals surface area contributed by atoms with Gasteiger partial charge >= 0.3 is 6.18 Å². The van der Waals surface area contributed by atoms with E-state index < -0.39 is 33.0 Å². The van der Waals surface area contributed by atoms with Crippen LogP contribution in [0.15, 0.2) is 29.2 Å². The van der Waals surface area contributed by atoms with Crippen LogP contribution < -0.4 is 10.2 Å². The van der Waals surface area contributed by atoms with Crippen LogP contribution >= 0.6 is 0 Å². The Bertz CT molecular complexity index is 855. The van der Waals surface area contributed by atoms with Crippen LogP contribution in [0.3, 0.4) is 0 Å².